The second-order valence-corrected chi connectivity index (χ2v) is 7.34. The third-order valence-electron chi connectivity index (χ3n) is 5.06. The lowest BCUT2D eigenvalue weighted by molar-refractivity contribution is -0.117. The van der Waals surface area contributed by atoms with Crippen molar-refractivity contribution in [1.29, 1.82) is 0 Å². The minimum atomic E-state index is -2.74. The summed E-state index contributed by atoms with van der Waals surface area (Å²) in [6, 6.07) is 3.06. The van der Waals surface area contributed by atoms with Gasteiger partial charge < -0.3 is 20.7 Å². The maximum atomic E-state index is 12.6. The van der Waals surface area contributed by atoms with Gasteiger partial charge in [-0.15, -0.1) is 10.2 Å². The maximum Gasteiger partial charge on any atom is 0.273 e. The van der Waals surface area contributed by atoms with Crippen molar-refractivity contribution < 1.29 is 18.4 Å². The molecule has 1 aliphatic carbocycles. The number of pyridine rings is 1. The molecule has 0 aliphatic heterocycles. The summed E-state index contributed by atoms with van der Waals surface area (Å²) in [7, 11) is 3.12. The number of ether oxygens (including phenoxy) is 1. The normalized spacial score (nSPS) is 18.7. The number of carbonyl (C=O) groups is 2. The van der Waals surface area contributed by atoms with Gasteiger partial charge in [-0.3, -0.25) is 9.59 Å². The van der Waals surface area contributed by atoms with Crippen LogP contribution in [0, 0.1) is 11.8 Å². The summed E-state index contributed by atoms with van der Waals surface area (Å²) < 4.78 is 27.5. The molecule has 1 saturated carbocycles. The molecular weight excluding hydrogens is 414 g/mol. The van der Waals surface area contributed by atoms with Crippen molar-refractivity contribution in [2.24, 2.45) is 18.9 Å². The Morgan fingerprint density at radius 3 is 2.81 bits per heavy atom. The van der Waals surface area contributed by atoms with E-state index in [1.165, 1.54) is 24.2 Å². The lowest BCUT2D eigenvalue weighted by Crippen LogP contribution is -2.22. The van der Waals surface area contributed by atoms with E-state index in [0.717, 1.165) is 6.42 Å². The second-order valence-electron chi connectivity index (χ2n) is 7.34. The number of amides is 2. The van der Waals surface area contributed by atoms with E-state index in [9.17, 15) is 9.59 Å². The van der Waals surface area contributed by atoms with Crippen LogP contribution < -0.4 is 20.7 Å². The molecule has 12 nitrogen and oxygen atoms in total. The van der Waals surface area contributed by atoms with E-state index in [4.69, 9.17) is 8.85 Å². The summed E-state index contributed by atoms with van der Waals surface area (Å²) >= 11 is 0. The Morgan fingerprint density at radius 2 is 2.16 bits per heavy atom. The maximum absolute atomic E-state index is 12.6. The summed E-state index contributed by atoms with van der Waals surface area (Å²) in [5.41, 5.74) is 0.843. The number of nitrogens with one attached hydrogen (secondary N) is 3. The van der Waals surface area contributed by atoms with E-state index in [-0.39, 0.29) is 40.8 Å². The van der Waals surface area contributed by atoms with E-state index < -0.39 is 12.9 Å². The van der Waals surface area contributed by atoms with Crippen LogP contribution in [0.25, 0.3) is 11.3 Å². The largest absolute Gasteiger partial charge is 0.492 e. The zero-order valence-corrected chi connectivity index (χ0v) is 17.6. The first-order chi connectivity index (χ1) is 16.6. The van der Waals surface area contributed by atoms with Gasteiger partial charge >= 0.3 is 0 Å². The van der Waals surface area contributed by atoms with Gasteiger partial charge in [0.2, 0.25) is 5.91 Å². The topological polar surface area (TPSA) is 149 Å². The van der Waals surface area contributed by atoms with Gasteiger partial charge in [-0.2, -0.15) is 15.0 Å². The third-order valence-corrected chi connectivity index (χ3v) is 5.06. The van der Waals surface area contributed by atoms with Crippen LogP contribution in [0.2, 0.25) is 0 Å². The number of anilines is 3. The van der Waals surface area contributed by atoms with Crippen molar-refractivity contribution in [2.45, 2.75) is 13.3 Å². The number of nitrogens with zero attached hydrogens (tertiary/aromatic N) is 6. The lowest BCUT2D eigenvalue weighted by atomic mass is 10.2. The van der Waals surface area contributed by atoms with Gasteiger partial charge in [-0.1, -0.05) is 6.92 Å². The predicted molar refractivity (Wildman–Crippen MR) is 115 cm³/mol. The minimum absolute atomic E-state index is 0.0583. The van der Waals surface area contributed by atoms with Crippen molar-refractivity contribution in [1.82, 2.24) is 35.5 Å². The molecule has 2 atom stereocenters. The monoisotopic (exact) mass is 440 g/mol. The van der Waals surface area contributed by atoms with Crippen LogP contribution in [0.5, 0.6) is 5.75 Å². The SMILES string of the molecule is [2H]C([2H])([2H])NC(=O)c1nnc(NC(=O)[C@@H]2C[C@H]2C)cc1Nc1nccc(-c2cnn(C)n2)c1OC. The first-order valence-electron chi connectivity index (χ1n) is 11.2. The summed E-state index contributed by atoms with van der Waals surface area (Å²) in [5, 5.41) is 23.6. The van der Waals surface area contributed by atoms with Crippen molar-refractivity contribution >= 4 is 29.1 Å². The molecule has 3 N–H and O–H groups in total. The zero-order valence-electron chi connectivity index (χ0n) is 20.6. The summed E-state index contributed by atoms with van der Waals surface area (Å²) in [4.78, 5) is 30.7. The first-order valence-corrected chi connectivity index (χ1v) is 9.73. The molecule has 2 amide bonds. The Morgan fingerprint density at radius 1 is 1.34 bits per heavy atom. The van der Waals surface area contributed by atoms with Crippen molar-refractivity contribution in [3.8, 4) is 17.0 Å². The molecule has 0 radical (unpaired) electrons. The highest BCUT2D eigenvalue weighted by Crippen LogP contribution is 2.39. The predicted octanol–water partition coefficient (Wildman–Crippen LogP) is 1.37. The quantitative estimate of drug-likeness (QED) is 0.495. The van der Waals surface area contributed by atoms with Crippen LogP contribution in [0.1, 0.15) is 27.9 Å². The minimum Gasteiger partial charge on any atom is -0.492 e. The standard InChI is InChI=1S/C20H23N9O3/c1-10-7-12(10)19(30)25-15-8-13(16(27-26-15)20(31)21-2)24-18-17(32-4)11(5-6-22-18)14-9-23-29(3)28-14/h5-6,8-10,12H,7H2,1-4H3,(H,21,31)(H2,22,24,25,26,30)/t10-,12-/m1/s1/i2D3. The average Bonchev–Trinajstić information content (AvgIpc) is 3.36. The molecule has 0 saturated heterocycles. The van der Waals surface area contributed by atoms with E-state index in [0.29, 0.717) is 17.0 Å². The first kappa shape index (κ1) is 17.6. The van der Waals surface area contributed by atoms with Crippen LogP contribution in [-0.2, 0) is 11.8 Å². The van der Waals surface area contributed by atoms with E-state index in [1.54, 1.807) is 19.3 Å². The van der Waals surface area contributed by atoms with Crippen molar-refractivity contribution in [3.63, 3.8) is 0 Å². The summed E-state index contributed by atoms with van der Waals surface area (Å²) in [6.45, 7) is -0.778. The van der Waals surface area contributed by atoms with Gasteiger partial charge in [0.25, 0.3) is 5.91 Å². The highest BCUT2D eigenvalue weighted by Gasteiger charge is 2.39. The molecule has 3 aromatic rings. The number of hydrogen-bond acceptors (Lipinski definition) is 9. The van der Waals surface area contributed by atoms with Gasteiger partial charge in [0.05, 0.1) is 24.6 Å². The Hall–Kier alpha value is -4.09. The van der Waals surface area contributed by atoms with Crippen molar-refractivity contribution in [3.05, 3.63) is 30.2 Å². The van der Waals surface area contributed by atoms with Gasteiger partial charge in [0.1, 0.15) is 5.69 Å². The Kier molecular flexibility index (Phi) is 4.71. The summed E-state index contributed by atoms with van der Waals surface area (Å²) in [6.07, 6.45) is 3.83. The fourth-order valence-electron chi connectivity index (χ4n) is 3.22. The molecule has 4 rings (SSSR count). The zero-order chi connectivity index (χ0) is 25.3. The molecule has 3 heterocycles. The molecule has 1 aliphatic rings. The van der Waals surface area contributed by atoms with Crippen LogP contribution in [-0.4, -0.2) is 56.1 Å². The van der Waals surface area contributed by atoms with Crippen LogP contribution in [0.4, 0.5) is 17.3 Å². The van der Waals surface area contributed by atoms with Gasteiger partial charge in [0, 0.05) is 36.3 Å². The number of aryl methyl sites for hydroxylation is 1. The molecule has 1 fully saturated rings. The van der Waals surface area contributed by atoms with Gasteiger partial charge in [-0.05, 0) is 18.4 Å². The van der Waals surface area contributed by atoms with Gasteiger partial charge in [-0.25, -0.2) is 4.98 Å². The van der Waals surface area contributed by atoms with E-state index in [2.05, 4.69) is 36.0 Å². The number of hydrogen-bond donors (Lipinski definition) is 3. The molecular formula is C20H23N9O3. The van der Waals surface area contributed by atoms with E-state index in [1.807, 2.05) is 12.2 Å². The molecule has 0 bridgehead atoms. The smallest absolute Gasteiger partial charge is 0.273 e. The number of carbonyl (C=O) groups excluding carboxylic acids is 2. The van der Waals surface area contributed by atoms with Crippen LogP contribution >= 0.6 is 0 Å². The molecule has 32 heavy (non-hydrogen) atoms. The Bertz CT molecular complexity index is 1280. The fourth-order valence-corrected chi connectivity index (χ4v) is 3.22. The van der Waals surface area contributed by atoms with Crippen LogP contribution in [0.15, 0.2) is 24.5 Å². The highest BCUT2D eigenvalue weighted by atomic mass is 16.5. The average molecular weight is 440 g/mol. The molecule has 166 valence electrons. The lowest BCUT2D eigenvalue weighted by Gasteiger charge is -2.15. The number of aromatic nitrogens is 6. The highest BCUT2D eigenvalue weighted by molar-refractivity contribution is 6.00. The van der Waals surface area contributed by atoms with E-state index >= 15 is 0 Å². The van der Waals surface area contributed by atoms with Gasteiger partial charge in [0.15, 0.2) is 23.1 Å². The fraction of sp³-hybridized carbons (Fsp3) is 0.350. The molecule has 12 heteroatoms. The Balaban J connectivity index is 1.71. The molecule has 0 unspecified atom stereocenters. The van der Waals surface area contributed by atoms with Crippen LogP contribution in [0.3, 0.4) is 0 Å². The molecule has 3 aromatic heterocycles. The number of rotatable bonds is 7. The Labute approximate surface area is 188 Å². The number of methoxy groups -OCH3 is 1. The summed E-state index contributed by atoms with van der Waals surface area (Å²) in [5.74, 6) is -0.454. The van der Waals surface area contributed by atoms with Crippen molar-refractivity contribution in [2.75, 3.05) is 24.7 Å². The molecule has 0 aromatic carbocycles. The molecule has 0 spiro atoms. The third kappa shape index (κ3) is 4.19. The second kappa shape index (κ2) is 8.57.